The molecule has 0 aromatic rings. The molecule has 2 fully saturated rings. The van der Waals surface area contributed by atoms with Crippen LogP contribution in [0, 0.1) is 0 Å². The Morgan fingerprint density at radius 1 is 1.44 bits per heavy atom. The summed E-state index contributed by atoms with van der Waals surface area (Å²) >= 11 is 0. The number of nitrogens with one attached hydrogen (secondary N) is 1. The molecule has 2 atom stereocenters. The van der Waals surface area contributed by atoms with E-state index in [1.165, 1.54) is 12.8 Å². The zero-order chi connectivity index (χ0) is 13.2. The Morgan fingerprint density at radius 2 is 2.22 bits per heavy atom. The van der Waals surface area contributed by atoms with Crippen LogP contribution in [0.3, 0.4) is 0 Å². The second-order valence-corrected chi connectivity index (χ2v) is 5.22. The highest BCUT2D eigenvalue weighted by molar-refractivity contribution is 5.79. The molecule has 18 heavy (non-hydrogen) atoms. The van der Waals surface area contributed by atoms with Gasteiger partial charge in [0.15, 0.2) is 0 Å². The summed E-state index contributed by atoms with van der Waals surface area (Å²) in [5, 5.41) is 3.13. The Balaban J connectivity index is 1.68. The molecule has 2 unspecified atom stereocenters. The van der Waals surface area contributed by atoms with E-state index < -0.39 is 24.4 Å². The average Bonchev–Trinajstić information content (AvgIpc) is 2.55. The molecule has 0 amide bonds. The van der Waals surface area contributed by atoms with Crippen molar-refractivity contribution < 1.29 is 18.3 Å². The van der Waals surface area contributed by atoms with Crippen LogP contribution >= 0.6 is 0 Å². The fourth-order valence-electron chi connectivity index (χ4n) is 2.58. The summed E-state index contributed by atoms with van der Waals surface area (Å²) in [6.45, 7) is 2.16. The molecule has 0 aromatic heterocycles. The number of esters is 1. The standard InChI is InChI=1S/C12H20F2N2O2/c1-16-5-3-2-4-9(16)7-15-8-10-6-12(13,14)11(17)18-10/h9-10,15H,2-8H2,1H3. The minimum atomic E-state index is -3.30. The normalized spacial score (nSPS) is 32.5. The fourth-order valence-corrected chi connectivity index (χ4v) is 2.58. The van der Waals surface area contributed by atoms with Crippen LogP contribution in [-0.4, -0.2) is 55.6 Å². The van der Waals surface area contributed by atoms with Crippen molar-refractivity contribution in [3.8, 4) is 0 Å². The van der Waals surface area contributed by atoms with Gasteiger partial charge in [-0.2, -0.15) is 8.78 Å². The second-order valence-electron chi connectivity index (χ2n) is 5.22. The summed E-state index contributed by atoms with van der Waals surface area (Å²) in [5.74, 6) is -4.68. The molecule has 0 saturated carbocycles. The fraction of sp³-hybridized carbons (Fsp3) is 0.917. The van der Waals surface area contributed by atoms with Gasteiger partial charge >= 0.3 is 11.9 Å². The first-order valence-corrected chi connectivity index (χ1v) is 6.49. The van der Waals surface area contributed by atoms with Crippen LogP contribution in [0.5, 0.6) is 0 Å². The number of carbonyl (C=O) groups is 1. The van der Waals surface area contributed by atoms with E-state index in [0.29, 0.717) is 12.6 Å². The molecule has 0 aliphatic carbocycles. The van der Waals surface area contributed by atoms with Crippen LogP contribution in [0.25, 0.3) is 0 Å². The minimum absolute atomic E-state index is 0.311. The third-order valence-electron chi connectivity index (χ3n) is 3.73. The van der Waals surface area contributed by atoms with Crippen molar-refractivity contribution in [2.75, 3.05) is 26.7 Å². The Bertz CT molecular complexity index is 312. The maximum absolute atomic E-state index is 12.9. The number of hydrogen-bond acceptors (Lipinski definition) is 4. The van der Waals surface area contributed by atoms with Crippen LogP contribution < -0.4 is 5.32 Å². The third kappa shape index (κ3) is 3.17. The van der Waals surface area contributed by atoms with Crippen LogP contribution in [0.1, 0.15) is 25.7 Å². The second kappa shape index (κ2) is 5.48. The molecular weight excluding hydrogens is 242 g/mol. The van der Waals surface area contributed by atoms with Gasteiger partial charge in [0.2, 0.25) is 0 Å². The molecule has 1 N–H and O–H groups in total. The maximum atomic E-state index is 12.9. The lowest BCUT2D eigenvalue weighted by Gasteiger charge is -2.32. The first-order valence-electron chi connectivity index (χ1n) is 6.49. The average molecular weight is 262 g/mol. The number of alkyl halides is 2. The zero-order valence-corrected chi connectivity index (χ0v) is 10.6. The minimum Gasteiger partial charge on any atom is -0.456 e. The quantitative estimate of drug-likeness (QED) is 0.768. The van der Waals surface area contributed by atoms with Crippen molar-refractivity contribution in [1.82, 2.24) is 10.2 Å². The summed E-state index contributed by atoms with van der Waals surface area (Å²) in [6.07, 6.45) is 2.37. The highest BCUT2D eigenvalue weighted by atomic mass is 19.3. The molecule has 0 aromatic carbocycles. The Labute approximate surface area is 106 Å². The predicted octanol–water partition coefficient (Wildman–Crippen LogP) is 1.01. The van der Waals surface area contributed by atoms with Crippen molar-refractivity contribution in [1.29, 1.82) is 0 Å². The van der Waals surface area contributed by atoms with Crippen LogP contribution in [0.2, 0.25) is 0 Å². The van der Waals surface area contributed by atoms with E-state index >= 15 is 0 Å². The van der Waals surface area contributed by atoms with Gasteiger partial charge < -0.3 is 15.0 Å². The Kier molecular flexibility index (Phi) is 4.17. The molecule has 2 saturated heterocycles. The van der Waals surface area contributed by atoms with Crippen molar-refractivity contribution in [3.05, 3.63) is 0 Å². The van der Waals surface area contributed by atoms with E-state index in [2.05, 4.69) is 22.0 Å². The van der Waals surface area contributed by atoms with Gasteiger partial charge in [0.1, 0.15) is 6.10 Å². The molecule has 2 aliphatic heterocycles. The molecule has 0 spiro atoms. The lowest BCUT2D eigenvalue weighted by Crippen LogP contribution is -2.44. The number of rotatable bonds is 4. The SMILES string of the molecule is CN1CCCCC1CNCC1CC(F)(F)C(=O)O1. The van der Waals surface area contributed by atoms with E-state index in [0.717, 1.165) is 19.5 Å². The van der Waals surface area contributed by atoms with Gasteiger partial charge in [-0.25, -0.2) is 4.79 Å². The Morgan fingerprint density at radius 3 is 2.83 bits per heavy atom. The van der Waals surface area contributed by atoms with E-state index in [4.69, 9.17) is 0 Å². The van der Waals surface area contributed by atoms with E-state index in [9.17, 15) is 13.6 Å². The summed E-state index contributed by atoms with van der Waals surface area (Å²) in [4.78, 5) is 13.1. The number of nitrogens with zero attached hydrogens (tertiary/aromatic N) is 1. The number of cyclic esters (lactones) is 1. The molecular formula is C12H20F2N2O2. The van der Waals surface area contributed by atoms with Gasteiger partial charge in [0.05, 0.1) is 6.42 Å². The molecule has 4 nitrogen and oxygen atoms in total. The summed E-state index contributed by atoms with van der Waals surface area (Å²) in [6, 6.07) is 0.455. The van der Waals surface area contributed by atoms with E-state index in [1.807, 2.05) is 0 Å². The van der Waals surface area contributed by atoms with Crippen LogP contribution in [0.15, 0.2) is 0 Å². The maximum Gasteiger partial charge on any atom is 0.377 e. The lowest BCUT2D eigenvalue weighted by molar-refractivity contribution is -0.159. The highest BCUT2D eigenvalue weighted by Crippen LogP contribution is 2.30. The van der Waals surface area contributed by atoms with Crippen LogP contribution in [0.4, 0.5) is 8.78 Å². The predicted molar refractivity (Wildman–Crippen MR) is 62.6 cm³/mol. The highest BCUT2D eigenvalue weighted by Gasteiger charge is 2.50. The summed E-state index contributed by atoms with van der Waals surface area (Å²) in [5.41, 5.74) is 0. The summed E-state index contributed by atoms with van der Waals surface area (Å²) in [7, 11) is 2.08. The number of carbonyl (C=O) groups excluding carboxylic acids is 1. The molecule has 6 heteroatoms. The van der Waals surface area contributed by atoms with E-state index in [1.54, 1.807) is 0 Å². The topological polar surface area (TPSA) is 41.6 Å². The number of piperidine rings is 1. The van der Waals surface area contributed by atoms with Crippen molar-refractivity contribution in [3.63, 3.8) is 0 Å². The number of hydrogen-bond donors (Lipinski definition) is 1. The van der Waals surface area contributed by atoms with Crippen molar-refractivity contribution in [2.45, 2.75) is 43.8 Å². The van der Waals surface area contributed by atoms with Gasteiger partial charge in [-0.05, 0) is 26.4 Å². The number of likely N-dealkylation sites (tertiary alicyclic amines) is 1. The first-order chi connectivity index (χ1) is 8.49. The molecule has 2 rings (SSSR count). The largest absolute Gasteiger partial charge is 0.456 e. The number of halogens is 2. The van der Waals surface area contributed by atoms with Gasteiger partial charge in [-0.1, -0.05) is 6.42 Å². The van der Waals surface area contributed by atoms with Crippen molar-refractivity contribution in [2.24, 2.45) is 0 Å². The van der Waals surface area contributed by atoms with Gasteiger partial charge in [-0.3, -0.25) is 0 Å². The Hall–Kier alpha value is -0.750. The third-order valence-corrected chi connectivity index (χ3v) is 3.73. The van der Waals surface area contributed by atoms with Gasteiger partial charge in [0.25, 0.3) is 0 Å². The monoisotopic (exact) mass is 262 g/mol. The summed E-state index contributed by atoms with van der Waals surface area (Å²) < 4.78 is 30.5. The number of ether oxygens (including phenoxy) is 1. The lowest BCUT2D eigenvalue weighted by atomic mass is 10.0. The molecule has 0 bridgehead atoms. The molecule has 2 aliphatic rings. The number of likely N-dealkylation sites (N-methyl/N-ethyl adjacent to an activating group) is 1. The van der Waals surface area contributed by atoms with Gasteiger partial charge in [0, 0.05) is 19.1 Å². The zero-order valence-electron chi connectivity index (χ0n) is 10.6. The first kappa shape index (κ1) is 13.7. The molecule has 2 heterocycles. The van der Waals surface area contributed by atoms with Crippen LogP contribution in [-0.2, 0) is 9.53 Å². The molecule has 104 valence electrons. The van der Waals surface area contributed by atoms with E-state index in [-0.39, 0.29) is 0 Å². The molecule has 0 radical (unpaired) electrons. The van der Waals surface area contributed by atoms with Crippen molar-refractivity contribution >= 4 is 5.97 Å². The van der Waals surface area contributed by atoms with Gasteiger partial charge in [-0.15, -0.1) is 0 Å². The smallest absolute Gasteiger partial charge is 0.377 e.